The minimum absolute atomic E-state index is 0.00435. The van der Waals surface area contributed by atoms with Gasteiger partial charge in [-0.1, -0.05) is 41.4 Å². The molecule has 1 N–H and O–H groups in total. The van der Waals surface area contributed by atoms with Crippen LogP contribution in [0.15, 0.2) is 42.5 Å². The molecule has 0 heterocycles. The predicted octanol–water partition coefficient (Wildman–Crippen LogP) is 4.88. The molecule has 2 aromatic rings. The van der Waals surface area contributed by atoms with E-state index in [0.717, 1.165) is 5.56 Å². The van der Waals surface area contributed by atoms with E-state index < -0.39 is 11.6 Å². The molecule has 0 aliphatic carbocycles. The van der Waals surface area contributed by atoms with Crippen LogP contribution in [0.3, 0.4) is 0 Å². The molecule has 2 rings (SSSR count). The summed E-state index contributed by atoms with van der Waals surface area (Å²) in [5.41, 5.74) is 0.982. The van der Waals surface area contributed by atoms with Crippen molar-refractivity contribution in [2.24, 2.45) is 0 Å². The van der Waals surface area contributed by atoms with Crippen molar-refractivity contribution in [1.82, 2.24) is 10.2 Å². The van der Waals surface area contributed by atoms with Crippen LogP contribution in [0, 0.1) is 0 Å². The standard InChI is InChI=1S/C23H28Cl2N2O3/c1-15(22(29)26-23(2,3)4)27(14-16-8-6-9-17(12-16)30-5)21(28)13-18-19(24)10-7-11-20(18)25/h6-12,15H,13-14H2,1-5H3,(H,26,29)/t15-/m1/s1. The van der Waals surface area contributed by atoms with Gasteiger partial charge in [-0.2, -0.15) is 0 Å². The van der Waals surface area contributed by atoms with E-state index in [1.165, 1.54) is 4.90 Å². The summed E-state index contributed by atoms with van der Waals surface area (Å²) in [5, 5.41) is 3.78. The molecular weight excluding hydrogens is 423 g/mol. The van der Waals surface area contributed by atoms with Crippen molar-refractivity contribution in [3.63, 3.8) is 0 Å². The number of hydrogen-bond acceptors (Lipinski definition) is 3. The number of benzene rings is 2. The number of amides is 2. The second-order valence-corrected chi connectivity index (χ2v) is 8.98. The first kappa shape index (κ1) is 24.0. The van der Waals surface area contributed by atoms with Crippen molar-refractivity contribution >= 4 is 35.0 Å². The van der Waals surface area contributed by atoms with Gasteiger partial charge in [0.2, 0.25) is 11.8 Å². The van der Waals surface area contributed by atoms with E-state index in [0.29, 0.717) is 21.4 Å². The van der Waals surface area contributed by atoms with Gasteiger partial charge in [-0.3, -0.25) is 9.59 Å². The topological polar surface area (TPSA) is 58.6 Å². The molecule has 0 aliphatic heterocycles. The third-order valence-electron chi connectivity index (χ3n) is 4.54. The number of carbonyl (C=O) groups excluding carboxylic acids is 2. The van der Waals surface area contributed by atoms with Crippen LogP contribution in [-0.4, -0.2) is 35.4 Å². The first-order valence-electron chi connectivity index (χ1n) is 9.69. The summed E-state index contributed by atoms with van der Waals surface area (Å²) in [6.45, 7) is 7.66. The molecule has 0 fully saturated rings. The quantitative estimate of drug-likeness (QED) is 0.653. The zero-order chi connectivity index (χ0) is 22.5. The zero-order valence-corrected chi connectivity index (χ0v) is 19.5. The summed E-state index contributed by atoms with van der Waals surface area (Å²) >= 11 is 12.5. The SMILES string of the molecule is COc1cccc(CN(C(=O)Cc2c(Cl)cccc2Cl)[C@H](C)C(=O)NC(C)(C)C)c1. The van der Waals surface area contributed by atoms with Gasteiger partial charge in [0, 0.05) is 22.1 Å². The molecule has 0 spiro atoms. The number of methoxy groups -OCH3 is 1. The van der Waals surface area contributed by atoms with Crippen LogP contribution < -0.4 is 10.1 Å². The van der Waals surface area contributed by atoms with Crippen LogP contribution >= 0.6 is 23.2 Å². The fourth-order valence-electron chi connectivity index (χ4n) is 2.98. The van der Waals surface area contributed by atoms with Gasteiger partial charge in [0.25, 0.3) is 0 Å². The molecule has 2 aromatic carbocycles. The van der Waals surface area contributed by atoms with E-state index in [2.05, 4.69) is 5.32 Å². The Morgan fingerprint density at radius 3 is 2.27 bits per heavy atom. The Hall–Kier alpha value is -2.24. The Labute approximate surface area is 188 Å². The Balaban J connectivity index is 2.33. The highest BCUT2D eigenvalue weighted by Gasteiger charge is 2.29. The Kier molecular flexibility index (Phi) is 8.16. The molecule has 1 atom stereocenters. The van der Waals surface area contributed by atoms with Gasteiger partial charge in [0.1, 0.15) is 11.8 Å². The highest BCUT2D eigenvalue weighted by Crippen LogP contribution is 2.26. The summed E-state index contributed by atoms with van der Waals surface area (Å²) in [5.74, 6) is 0.203. The molecular formula is C23H28Cl2N2O3. The van der Waals surface area contributed by atoms with Crippen LogP contribution in [0.5, 0.6) is 5.75 Å². The van der Waals surface area contributed by atoms with Gasteiger partial charge in [0.05, 0.1) is 13.5 Å². The van der Waals surface area contributed by atoms with Gasteiger partial charge in [-0.25, -0.2) is 0 Å². The normalized spacial score (nSPS) is 12.2. The summed E-state index contributed by atoms with van der Waals surface area (Å²) in [4.78, 5) is 27.6. The van der Waals surface area contributed by atoms with Crippen LogP contribution in [0.1, 0.15) is 38.8 Å². The van der Waals surface area contributed by atoms with E-state index in [1.54, 1.807) is 32.2 Å². The van der Waals surface area contributed by atoms with Gasteiger partial charge in [-0.05, 0) is 63.1 Å². The minimum Gasteiger partial charge on any atom is -0.497 e. The van der Waals surface area contributed by atoms with Crippen molar-refractivity contribution in [3.8, 4) is 5.75 Å². The number of rotatable bonds is 7. The second-order valence-electron chi connectivity index (χ2n) is 8.17. The second kappa shape index (κ2) is 10.2. The average molecular weight is 451 g/mol. The van der Waals surface area contributed by atoms with Crippen molar-refractivity contribution in [2.45, 2.75) is 52.2 Å². The van der Waals surface area contributed by atoms with Gasteiger partial charge in [-0.15, -0.1) is 0 Å². The maximum atomic E-state index is 13.3. The molecule has 0 radical (unpaired) electrons. The molecule has 162 valence electrons. The number of hydrogen-bond donors (Lipinski definition) is 1. The first-order valence-corrected chi connectivity index (χ1v) is 10.4. The minimum atomic E-state index is -0.691. The number of halogens is 2. The molecule has 0 saturated carbocycles. The van der Waals surface area contributed by atoms with Crippen molar-refractivity contribution in [2.75, 3.05) is 7.11 Å². The predicted molar refractivity (Wildman–Crippen MR) is 121 cm³/mol. The highest BCUT2D eigenvalue weighted by molar-refractivity contribution is 6.36. The fraction of sp³-hybridized carbons (Fsp3) is 0.391. The lowest BCUT2D eigenvalue weighted by Crippen LogP contribution is -2.52. The molecule has 5 nitrogen and oxygen atoms in total. The van der Waals surface area contributed by atoms with Crippen molar-refractivity contribution < 1.29 is 14.3 Å². The third kappa shape index (κ3) is 6.64. The molecule has 30 heavy (non-hydrogen) atoms. The lowest BCUT2D eigenvalue weighted by molar-refractivity contribution is -0.140. The Bertz CT molecular complexity index is 889. The Morgan fingerprint density at radius 1 is 1.10 bits per heavy atom. The number of nitrogens with zero attached hydrogens (tertiary/aromatic N) is 1. The summed E-state index contributed by atoms with van der Waals surface area (Å²) in [6, 6.07) is 11.8. The van der Waals surface area contributed by atoms with Crippen LogP contribution in [0.2, 0.25) is 10.0 Å². The van der Waals surface area contributed by atoms with Crippen molar-refractivity contribution in [3.05, 3.63) is 63.6 Å². The lowest BCUT2D eigenvalue weighted by atomic mass is 10.1. The van der Waals surface area contributed by atoms with E-state index in [1.807, 2.05) is 45.0 Å². The average Bonchev–Trinajstić information content (AvgIpc) is 2.67. The summed E-state index contributed by atoms with van der Waals surface area (Å²) in [7, 11) is 1.58. The molecule has 0 saturated heterocycles. The van der Waals surface area contributed by atoms with Crippen LogP contribution in [0.25, 0.3) is 0 Å². The molecule has 0 unspecified atom stereocenters. The fourth-order valence-corrected chi connectivity index (χ4v) is 3.51. The smallest absolute Gasteiger partial charge is 0.242 e. The maximum Gasteiger partial charge on any atom is 0.242 e. The van der Waals surface area contributed by atoms with E-state index >= 15 is 0 Å². The van der Waals surface area contributed by atoms with Gasteiger partial charge < -0.3 is 15.0 Å². The van der Waals surface area contributed by atoms with Crippen LogP contribution in [0.4, 0.5) is 0 Å². The largest absolute Gasteiger partial charge is 0.497 e. The molecule has 2 amide bonds. The molecule has 0 aliphatic rings. The van der Waals surface area contributed by atoms with E-state index in [9.17, 15) is 9.59 Å². The summed E-state index contributed by atoms with van der Waals surface area (Å²) in [6.07, 6.45) is -0.00435. The maximum absolute atomic E-state index is 13.3. The van der Waals surface area contributed by atoms with Crippen LogP contribution in [-0.2, 0) is 22.6 Å². The molecule has 7 heteroatoms. The van der Waals surface area contributed by atoms with Gasteiger partial charge in [0.15, 0.2) is 0 Å². The van der Waals surface area contributed by atoms with Gasteiger partial charge >= 0.3 is 0 Å². The highest BCUT2D eigenvalue weighted by atomic mass is 35.5. The van der Waals surface area contributed by atoms with E-state index in [4.69, 9.17) is 27.9 Å². The molecule has 0 aromatic heterocycles. The third-order valence-corrected chi connectivity index (χ3v) is 5.25. The first-order chi connectivity index (χ1) is 14.0. The Morgan fingerprint density at radius 2 is 1.70 bits per heavy atom. The lowest BCUT2D eigenvalue weighted by Gasteiger charge is -2.31. The molecule has 0 bridgehead atoms. The summed E-state index contributed by atoms with van der Waals surface area (Å²) < 4.78 is 5.28. The monoisotopic (exact) mass is 450 g/mol. The number of ether oxygens (including phenoxy) is 1. The number of nitrogens with one attached hydrogen (secondary N) is 1. The van der Waals surface area contributed by atoms with Crippen molar-refractivity contribution in [1.29, 1.82) is 0 Å². The van der Waals surface area contributed by atoms with E-state index in [-0.39, 0.29) is 24.8 Å². The number of carbonyl (C=O) groups is 2. The zero-order valence-electron chi connectivity index (χ0n) is 18.0.